The zero-order chi connectivity index (χ0) is 20.1. The van der Waals surface area contributed by atoms with Crippen LogP contribution in [0.1, 0.15) is 45.6 Å². The second-order valence-corrected chi connectivity index (χ2v) is 9.43. The summed E-state index contributed by atoms with van der Waals surface area (Å²) in [6.07, 6.45) is 4.63. The van der Waals surface area contributed by atoms with Crippen LogP contribution in [0.25, 0.3) is 0 Å². The van der Waals surface area contributed by atoms with E-state index < -0.39 is 0 Å². The molecule has 1 N–H and O–H groups in total. The molecule has 0 radical (unpaired) electrons. The van der Waals surface area contributed by atoms with Crippen LogP contribution in [0.4, 0.5) is 23.0 Å². The maximum absolute atomic E-state index is 12.0. The smallest absolute Gasteiger partial charge is 0.347 e. The summed E-state index contributed by atoms with van der Waals surface area (Å²) in [5, 5.41) is 15.2. The van der Waals surface area contributed by atoms with Gasteiger partial charge in [-0.15, -0.1) is 0 Å². The van der Waals surface area contributed by atoms with Gasteiger partial charge in [-0.1, -0.05) is 39.0 Å². The molecule has 7 nitrogen and oxygen atoms in total. The van der Waals surface area contributed by atoms with E-state index in [4.69, 9.17) is 0 Å². The molecule has 2 aliphatic rings. The van der Waals surface area contributed by atoms with Gasteiger partial charge in [0, 0.05) is 18.3 Å². The summed E-state index contributed by atoms with van der Waals surface area (Å²) < 4.78 is 0. The maximum atomic E-state index is 12.0. The molecule has 1 aromatic carbocycles. The Hall–Kier alpha value is -2.70. The summed E-state index contributed by atoms with van der Waals surface area (Å²) in [4.78, 5) is 22.4. The first-order chi connectivity index (χ1) is 13.2. The highest BCUT2D eigenvalue weighted by Crippen LogP contribution is 2.54. The lowest BCUT2D eigenvalue weighted by Crippen LogP contribution is -2.35. The molecule has 4 rings (SSSR count). The van der Waals surface area contributed by atoms with Gasteiger partial charge in [-0.25, -0.2) is 9.97 Å². The molecule has 1 saturated carbocycles. The minimum atomic E-state index is -0.355. The monoisotopic (exact) mass is 381 g/mol. The second-order valence-electron chi connectivity index (χ2n) is 9.43. The topological polar surface area (TPSA) is 84.2 Å². The van der Waals surface area contributed by atoms with E-state index in [-0.39, 0.29) is 33.3 Å². The largest absolute Gasteiger partial charge is 0.353 e. The predicted octanol–water partition coefficient (Wildman–Crippen LogP) is 4.84. The van der Waals surface area contributed by atoms with Crippen molar-refractivity contribution in [3.63, 3.8) is 0 Å². The average molecular weight is 381 g/mol. The molecular weight excluding hydrogens is 354 g/mol. The number of nitrogens with one attached hydrogen (secondary N) is 1. The van der Waals surface area contributed by atoms with Gasteiger partial charge in [0.15, 0.2) is 0 Å². The molecule has 2 fully saturated rings. The van der Waals surface area contributed by atoms with Crippen molar-refractivity contribution < 1.29 is 4.92 Å². The Labute approximate surface area is 165 Å². The van der Waals surface area contributed by atoms with Gasteiger partial charge in [0.1, 0.15) is 6.33 Å². The number of fused-ring (bicyclic) bond motifs is 2. The van der Waals surface area contributed by atoms with Gasteiger partial charge >= 0.3 is 5.69 Å². The first kappa shape index (κ1) is 18.7. The van der Waals surface area contributed by atoms with Crippen molar-refractivity contribution in [2.75, 3.05) is 16.8 Å². The Balaban J connectivity index is 1.75. The third kappa shape index (κ3) is 3.30. The fourth-order valence-electron chi connectivity index (χ4n) is 5.39. The molecule has 0 amide bonds. The maximum Gasteiger partial charge on any atom is 0.353 e. The number of nitrogens with zero attached hydrogens (tertiary/aromatic N) is 4. The standard InChI is InChI=1S/C21H27N5O2/c1-14-7-5-6-8-16(14)24-18-17(26(27)28)19(23-13-22-18)25-12-21(4)10-15(25)9-20(2,3)11-21/h5-8,13,15H,9-12H2,1-4H3,(H,22,23,24). The van der Waals surface area contributed by atoms with E-state index in [0.29, 0.717) is 5.82 Å². The van der Waals surface area contributed by atoms with Gasteiger partial charge in [-0.2, -0.15) is 0 Å². The molecule has 148 valence electrons. The van der Waals surface area contributed by atoms with Crippen LogP contribution < -0.4 is 10.2 Å². The van der Waals surface area contributed by atoms with Crippen LogP contribution in [-0.2, 0) is 0 Å². The van der Waals surface area contributed by atoms with Crippen molar-refractivity contribution in [3.8, 4) is 0 Å². The average Bonchev–Trinajstić information content (AvgIpc) is 2.85. The summed E-state index contributed by atoms with van der Waals surface area (Å²) in [5.41, 5.74) is 2.16. The molecule has 7 heteroatoms. The lowest BCUT2D eigenvalue weighted by molar-refractivity contribution is -0.383. The van der Waals surface area contributed by atoms with Gasteiger partial charge in [0.25, 0.3) is 0 Å². The molecular formula is C21H27N5O2. The van der Waals surface area contributed by atoms with Gasteiger partial charge in [0.2, 0.25) is 11.6 Å². The quantitative estimate of drug-likeness (QED) is 0.602. The predicted molar refractivity (Wildman–Crippen MR) is 110 cm³/mol. The van der Waals surface area contributed by atoms with E-state index in [1.807, 2.05) is 31.2 Å². The Morgan fingerprint density at radius 1 is 1.21 bits per heavy atom. The van der Waals surface area contributed by atoms with Gasteiger partial charge in [-0.05, 0) is 48.6 Å². The fourth-order valence-corrected chi connectivity index (χ4v) is 5.39. The summed E-state index contributed by atoms with van der Waals surface area (Å²) in [6.45, 7) is 9.63. The highest BCUT2D eigenvalue weighted by Gasteiger charge is 2.51. The zero-order valence-corrected chi connectivity index (χ0v) is 16.9. The Morgan fingerprint density at radius 2 is 1.96 bits per heavy atom. The zero-order valence-electron chi connectivity index (χ0n) is 16.9. The molecule has 1 aliphatic carbocycles. The number of para-hydroxylation sites is 1. The van der Waals surface area contributed by atoms with Crippen molar-refractivity contribution in [3.05, 3.63) is 46.3 Å². The van der Waals surface area contributed by atoms with E-state index >= 15 is 0 Å². The molecule has 28 heavy (non-hydrogen) atoms. The number of aryl methyl sites for hydroxylation is 1. The fraction of sp³-hybridized carbons (Fsp3) is 0.524. The Morgan fingerprint density at radius 3 is 2.68 bits per heavy atom. The third-order valence-corrected chi connectivity index (χ3v) is 6.07. The highest BCUT2D eigenvalue weighted by molar-refractivity contribution is 5.75. The molecule has 2 heterocycles. The van der Waals surface area contributed by atoms with Crippen LogP contribution in [0.15, 0.2) is 30.6 Å². The number of rotatable bonds is 4. The summed E-state index contributed by atoms with van der Waals surface area (Å²) in [5.74, 6) is 0.678. The summed E-state index contributed by atoms with van der Waals surface area (Å²) in [6, 6.07) is 7.97. The molecule has 1 saturated heterocycles. The lowest BCUT2D eigenvalue weighted by atomic mass is 9.65. The van der Waals surface area contributed by atoms with E-state index in [2.05, 4.69) is 41.0 Å². The number of nitro groups is 1. The first-order valence-electron chi connectivity index (χ1n) is 9.76. The van der Waals surface area contributed by atoms with E-state index in [9.17, 15) is 10.1 Å². The van der Waals surface area contributed by atoms with Crippen molar-refractivity contribution in [1.82, 2.24) is 9.97 Å². The van der Waals surface area contributed by atoms with Crippen molar-refractivity contribution in [2.24, 2.45) is 10.8 Å². The van der Waals surface area contributed by atoms with E-state index in [1.54, 1.807) is 0 Å². The van der Waals surface area contributed by atoms with Gasteiger partial charge in [-0.3, -0.25) is 10.1 Å². The van der Waals surface area contributed by atoms with Crippen LogP contribution in [0.3, 0.4) is 0 Å². The van der Waals surface area contributed by atoms with Gasteiger partial charge in [0.05, 0.1) is 4.92 Å². The molecule has 2 atom stereocenters. The molecule has 1 aromatic heterocycles. The number of hydrogen-bond acceptors (Lipinski definition) is 6. The van der Waals surface area contributed by atoms with Crippen LogP contribution >= 0.6 is 0 Å². The lowest BCUT2D eigenvalue weighted by Gasteiger charge is -2.39. The third-order valence-electron chi connectivity index (χ3n) is 6.07. The Bertz CT molecular complexity index is 929. The van der Waals surface area contributed by atoms with Crippen LogP contribution in [-0.4, -0.2) is 27.5 Å². The minimum Gasteiger partial charge on any atom is -0.347 e. The molecule has 2 unspecified atom stereocenters. The van der Waals surface area contributed by atoms with Crippen LogP contribution in [0.5, 0.6) is 0 Å². The van der Waals surface area contributed by atoms with E-state index in [1.165, 1.54) is 6.33 Å². The molecule has 2 aromatic rings. The molecule has 2 bridgehead atoms. The normalized spacial score (nSPS) is 25.6. The number of benzene rings is 1. The highest BCUT2D eigenvalue weighted by atomic mass is 16.6. The SMILES string of the molecule is Cc1ccccc1Nc1ncnc(N2CC3(C)CC2CC(C)(C)C3)c1[N+](=O)[O-]. The van der Waals surface area contributed by atoms with Crippen molar-refractivity contribution in [2.45, 2.75) is 53.0 Å². The van der Waals surface area contributed by atoms with Gasteiger partial charge < -0.3 is 10.2 Å². The number of hydrogen-bond donors (Lipinski definition) is 1. The summed E-state index contributed by atoms with van der Waals surface area (Å²) in [7, 11) is 0. The first-order valence-corrected chi connectivity index (χ1v) is 9.76. The van der Waals surface area contributed by atoms with Crippen LogP contribution in [0.2, 0.25) is 0 Å². The summed E-state index contributed by atoms with van der Waals surface area (Å²) >= 11 is 0. The second kappa shape index (κ2) is 6.43. The van der Waals surface area contributed by atoms with Crippen molar-refractivity contribution >= 4 is 23.0 Å². The minimum absolute atomic E-state index is 0.0419. The molecule has 1 aliphatic heterocycles. The molecule has 0 spiro atoms. The number of anilines is 3. The van der Waals surface area contributed by atoms with Crippen LogP contribution in [0, 0.1) is 27.9 Å². The Kier molecular flexibility index (Phi) is 4.28. The number of aromatic nitrogens is 2. The van der Waals surface area contributed by atoms with Crippen molar-refractivity contribution in [1.29, 1.82) is 0 Å². The van der Waals surface area contributed by atoms with E-state index in [0.717, 1.165) is 37.1 Å².